The van der Waals surface area contributed by atoms with Gasteiger partial charge in [0.15, 0.2) is 0 Å². The number of aryl methyl sites for hydroxylation is 1. The molecule has 2 aromatic carbocycles. The molecule has 0 atom stereocenters. The quantitative estimate of drug-likeness (QED) is 0.364. The fraction of sp³-hybridized carbons (Fsp3) is 0.321. The van der Waals surface area contributed by atoms with Crippen LogP contribution in [-0.4, -0.2) is 60.7 Å². The number of nitrogens with one attached hydrogen (secondary N) is 2. The van der Waals surface area contributed by atoms with Gasteiger partial charge in [-0.05, 0) is 44.8 Å². The summed E-state index contributed by atoms with van der Waals surface area (Å²) in [5.41, 5.74) is 3.90. The number of amides is 1. The van der Waals surface area contributed by atoms with Crippen molar-refractivity contribution in [3.8, 4) is 18.1 Å². The van der Waals surface area contributed by atoms with E-state index in [1.807, 2.05) is 62.3 Å². The van der Waals surface area contributed by atoms with Gasteiger partial charge in [-0.1, -0.05) is 18.1 Å². The molecule has 0 radical (unpaired) electrons. The van der Waals surface area contributed by atoms with Crippen molar-refractivity contribution in [1.29, 1.82) is 0 Å². The van der Waals surface area contributed by atoms with Crippen LogP contribution in [-0.2, 0) is 9.53 Å². The van der Waals surface area contributed by atoms with E-state index in [-0.39, 0.29) is 12.0 Å². The largest absolute Gasteiger partial charge is 0.488 e. The summed E-state index contributed by atoms with van der Waals surface area (Å²) in [5, 5.41) is 7.10. The molecule has 0 spiro atoms. The molecular weight excluding hydrogens is 454 g/mol. The van der Waals surface area contributed by atoms with E-state index in [2.05, 4.69) is 26.5 Å². The van der Waals surface area contributed by atoms with E-state index in [4.69, 9.17) is 15.9 Å². The van der Waals surface area contributed by atoms with Crippen molar-refractivity contribution in [3.63, 3.8) is 0 Å². The molecule has 0 bridgehead atoms. The molecule has 1 aromatic heterocycles. The Morgan fingerprint density at radius 3 is 2.78 bits per heavy atom. The Balaban J connectivity index is 1.70. The molecule has 1 amide bonds. The molecule has 0 aliphatic carbocycles. The van der Waals surface area contributed by atoms with E-state index in [1.54, 1.807) is 0 Å². The van der Waals surface area contributed by atoms with E-state index >= 15 is 0 Å². The summed E-state index contributed by atoms with van der Waals surface area (Å²) in [4.78, 5) is 23.6. The average molecular weight is 486 g/mol. The van der Waals surface area contributed by atoms with Gasteiger partial charge < -0.3 is 25.0 Å². The molecule has 8 nitrogen and oxygen atoms in total. The van der Waals surface area contributed by atoms with Crippen molar-refractivity contribution < 1.29 is 14.3 Å². The minimum absolute atomic E-state index is 0.00437. The zero-order chi connectivity index (χ0) is 25.5. The van der Waals surface area contributed by atoms with E-state index in [1.165, 1.54) is 12.4 Å². The lowest BCUT2D eigenvalue weighted by atomic mass is 10.1. The summed E-state index contributed by atoms with van der Waals surface area (Å²) >= 11 is 0. The third-order valence-electron chi connectivity index (χ3n) is 5.85. The Kier molecular flexibility index (Phi) is 8.16. The van der Waals surface area contributed by atoms with E-state index < -0.39 is 0 Å². The minimum Gasteiger partial charge on any atom is -0.488 e. The molecule has 0 unspecified atom stereocenters. The number of hydrogen-bond acceptors (Lipinski definition) is 7. The van der Waals surface area contributed by atoms with Gasteiger partial charge in [-0.3, -0.25) is 4.79 Å². The molecule has 1 aliphatic heterocycles. The van der Waals surface area contributed by atoms with Crippen LogP contribution in [0.25, 0.3) is 10.9 Å². The second kappa shape index (κ2) is 11.7. The first-order valence-corrected chi connectivity index (χ1v) is 11.9. The van der Waals surface area contributed by atoms with Gasteiger partial charge in [0.05, 0.1) is 24.4 Å². The van der Waals surface area contributed by atoms with E-state index in [0.29, 0.717) is 42.5 Å². The first-order chi connectivity index (χ1) is 17.4. The standard InChI is InChI=1S/C28H31N5O3/c1-5-20-9-8-19(2)23(15-20)32-28-22-16-25(31-27(34)7-6-12-33(3)4)26(17-24(22)29-18-30-28)36-21-10-13-35-14-11-21/h1,6-9,15-18,21H,10-14H2,2-4H3,(H,31,34)(H,29,30,32)/b7-6+. The SMILES string of the molecule is C#Cc1ccc(C)c(Nc2ncnc3cc(OC4CCOCC4)c(NC(=O)/C=C/CN(C)C)cc23)c1. The summed E-state index contributed by atoms with van der Waals surface area (Å²) in [7, 11) is 3.89. The Bertz CT molecular complexity index is 1310. The molecule has 36 heavy (non-hydrogen) atoms. The van der Waals surface area contributed by atoms with Gasteiger partial charge in [0.25, 0.3) is 0 Å². The highest BCUT2D eigenvalue weighted by molar-refractivity contribution is 6.03. The fourth-order valence-electron chi connectivity index (χ4n) is 3.87. The van der Waals surface area contributed by atoms with Crippen molar-refractivity contribution in [2.45, 2.75) is 25.9 Å². The molecule has 3 aromatic rings. The Labute approximate surface area is 211 Å². The van der Waals surface area contributed by atoms with Gasteiger partial charge in [0.2, 0.25) is 5.91 Å². The number of terminal acetylenes is 1. The summed E-state index contributed by atoms with van der Waals surface area (Å²) < 4.78 is 11.8. The number of hydrogen-bond donors (Lipinski definition) is 2. The highest BCUT2D eigenvalue weighted by Crippen LogP contribution is 2.35. The third kappa shape index (κ3) is 6.39. The number of rotatable bonds is 8. The summed E-state index contributed by atoms with van der Waals surface area (Å²) in [5.74, 6) is 3.60. The maximum atomic E-state index is 12.7. The van der Waals surface area contributed by atoms with Gasteiger partial charge in [-0.25, -0.2) is 9.97 Å². The van der Waals surface area contributed by atoms with Crippen LogP contribution in [0, 0.1) is 19.3 Å². The molecule has 1 aliphatic rings. The fourth-order valence-corrected chi connectivity index (χ4v) is 3.87. The Hall–Kier alpha value is -3.93. The minimum atomic E-state index is -0.239. The molecular formula is C28H31N5O3. The number of carbonyl (C=O) groups is 1. The topological polar surface area (TPSA) is 88.6 Å². The van der Waals surface area contributed by atoms with Crippen molar-refractivity contribution >= 4 is 34.0 Å². The predicted molar refractivity (Wildman–Crippen MR) is 143 cm³/mol. The van der Waals surface area contributed by atoms with Crippen LogP contribution in [0.2, 0.25) is 0 Å². The lowest BCUT2D eigenvalue weighted by molar-refractivity contribution is -0.111. The van der Waals surface area contributed by atoms with Crippen molar-refractivity contribution in [2.75, 3.05) is 44.5 Å². The van der Waals surface area contributed by atoms with Crippen molar-refractivity contribution in [3.05, 3.63) is 59.9 Å². The van der Waals surface area contributed by atoms with Gasteiger partial charge in [0.1, 0.15) is 24.0 Å². The van der Waals surface area contributed by atoms with Crippen LogP contribution >= 0.6 is 0 Å². The van der Waals surface area contributed by atoms with Crippen LogP contribution in [0.3, 0.4) is 0 Å². The number of anilines is 3. The average Bonchev–Trinajstić information content (AvgIpc) is 2.86. The van der Waals surface area contributed by atoms with Gasteiger partial charge >= 0.3 is 0 Å². The lowest BCUT2D eigenvalue weighted by Gasteiger charge is -2.25. The second-order valence-electron chi connectivity index (χ2n) is 8.97. The zero-order valence-corrected chi connectivity index (χ0v) is 20.9. The number of carbonyl (C=O) groups excluding carboxylic acids is 1. The number of nitrogens with zero attached hydrogens (tertiary/aromatic N) is 3. The molecule has 4 rings (SSSR count). The first kappa shape index (κ1) is 25.2. The van der Waals surface area contributed by atoms with Crippen LogP contribution < -0.4 is 15.4 Å². The van der Waals surface area contributed by atoms with Crippen LogP contribution in [0.5, 0.6) is 5.75 Å². The van der Waals surface area contributed by atoms with Crippen molar-refractivity contribution in [1.82, 2.24) is 14.9 Å². The number of ether oxygens (including phenoxy) is 2. The molecule has 0 saturated carbocycles. The Morgan fingerprint density at radius 2 is 2.03 bits per heavy atom. The van der Waals surface area contributed by atoms with E-state index in [9.17, 15) is 4.79 Å². The highest BCUT2D eigenvalue weighted by atomic mass is 16.5. The van der Waals surface area contributed by atoms with Gasteiger partial charge in [0, 0.05) is 48.2 Å². The smallest absolute Gasteiger partial charge is 0.248 e. The molecule has 2 heterocycles. The number of benzene rings is 2. The van der Waals surface area contributed by atoms with Crippen LogP contribution in [0.4, 0.5) is 17.2 Å². The molecule has 2 N–H and O–H groups in total. The maximum Gasteiger partial charge on any atom is 0.248 e. The predicted octanol–water partition coefficient (Wildman–Crippen LogP) is 4.28. The number of fused-ring (bicyclic) bond motifs is 1. The summed E-state index contributed by atoms with van der Waals surface area (Å²) in [6, 6.07) is 9.47. The number of aromatic nitrogens is 2. The summed E-state index contributed by atoms with van der Waals surface area (Å²) in [6.45, 7) is 3.96. The summed E-state index contributed by atoms with van der Waals surface area (Å²) in [6.07, 6.45) is 12.0. The first-order valence-electron chi connectivity index (χ1n) is 11.9. The Morgan fingerprint density at radius 1 is 1.22 bits per heavy atom. The van der Waals surface area contributed by atoms with Gasteiger partial charge in [-0.15, -0.1) is 6.42 Å². The van der Waals surface area contributed by atoms with Crippen molar-refractivity contribution in [2.24, 2.45) is 0 Å². The van der Waals surface area contributed by atoms with Gasteiger partial charge in [-0.2, -0.15) is 0 Å². The van der Waals surface area contributed by atoms with Crippen LogP contribution in [0.1, 0.15) is 24.0 Å². The van der Waals surface area contributed by atoms with E-state index in [0.717, 1.165) is 35.0 Å². The normalized spacial score (nSPS) is 14.2. The lowest BCUT2D eigenvalue weighted by Crippen LogP contribution is -2.26. The molecule has 1 saturated heterocycles. The molecule has 8 heteroatoms. The zero-order valence-electron chi connectivity index (χ0n) is 20.9. The maximum absolute atomic E-state index is 12.7. The molecule has 1 fully saturated rings. The molecule has 186 valence electrons. The van der Waals surface area contributed by atoms with Crippen LogP contribution in [0.15, 0.2) is 48.8 Å². The third-order valence-corrected chi connectivity index (χ3v) is 5.85. The monoisotopic (exact) mass is 485 g/mol. The number of likely N-dealkylation sites (N-methyl/N-ethyl adjacent to an activating group) is 1. The second-order valence-corrected chi connectivity index (χ2v) is 8.97. The highest BCUT2D eigenvalue weighted by Gasteiger charge is 2.19.